The Kier molecular flexibility index (Phi) is 6.48. The van der Waals surface area contributed by atoms with Gasteiger partial charge in [0.25, 0.3) is 5.91 Å². The predicted octanol–water partition coefficient (Wildman–Crippen LogP) is 2.85. The van der Waals surface area contributed by atoms with E-state index in [4.69, 9.17) is 0 Å². The zero-order valence-electron chi connectivity index (χ0n) is 14.3. The minimum Gasteiger partial charge on any atom is -0.435 e. The van der Waals surface area contributed by atoms with Crippen LogP contribution < -0.4 is 15.4 Å². The molecule has 2 amide bonds. The summed E-state index contributed by atoms with van der Waals surface area (Å²) < 4.78 is 28.7. The lowest BCUT2D eigenvalue weighted by molar-refractivity contribution is -0.127. The number of para-hydroxylation sites is 1. The minimum atomic E-state index is -2.89. The number of ether oxygens (including phenoxy) is 1. The topological polar surface area (TPSA) is 70.7 Å². The van der Waals surface area contributed by atoms with Gasteiger partial charge in [0.1, 0.15) is 5.75 Å². The maximum absolute atomic E-state index is 12.3. The summed E-state index contributed by atoms with van der Waals surface area (Å²) in [5.74, 6) is -0.585. The van der Waals surface area contributed by atoms with Crippen LogP contribution in [0.5, 0.6) is 5.75 Å². The van der Waals surface area contributed by atoms with Crippen LogP contribution in [-0.4, -0.2) is 44.0 Å². The van der Waals surface area contributed by atoms with Crippen molar-refractivity contribution in [3.63, 3.8) is 0 Å². The van der Waals surface area contributed by atoms with Gasteiger partial charge in [0.05, 0.1) is 17.8 Å². The molecule has 0 bridgehead atoms. The van der Waals surface area contributed by atoms with Crippen LogP contribution in [0.25, 0.3) is 0 Å². The Labute approximate surface area is 149 Å². The summed E-state index contributed by atoms with van der Waals surface area (Å²) in [6.45, 7) is -3.00. The van der Waals surface area contributed by atoms with Crippen LogP contribution in [0, 0.1) is 0 Å². The van der Waals surface area contributed by atoms with E-state index in [1.807, 2.05) is 0 Å². The van der Waals surface area contributed by atoms with Gasteiger partial charge in [-0.15, -0.1) is 0 Å². The van der Waals surface area contributed by atoms with Gasteiger partial charge >= 0.3 is 6.61 Å². The molecule has 0 aliphatic carbocycles. The van der Waals surface area contributed by atoms with Crippen LogP contribution in [0.4, 0.5) is 20.2 Å². The third-order valence-electron chi connectivity index (χ3n) is 3.43. The van der Waals surface area contributed by atoms with E-state index < -0.39 is 12.5 Å². The monoisotopic (exact) mass is 363 g/mol. The van der Waals surface area contributed by atoms with Crippen molar-refractivity contribution in [1.29, 1.82) is 0 Å². The molecule has 2 rings (SSSR count). The maximum Gasteiger partial charge on any atom is 0.387 e. The Morgan fingerprint density at radius 1 is 1.08 bits per heavy atom. The van der Waals surface area contributed by atoms with Crippen LogP contribution in [0.1, 0.15) is 10.4 Å². The lowest BCUT2D eigenvalue weighted by Gasteiger charge is -2.14. The van der Waals surface area contributed by atoms with E-state index in [0.29, 0.717) is 16.9 Å². The Balaban J connectivity index is 2.08. The van der Waals surface area contributed by atoms with Crippen LogP contribution >= 0.6 is 0 Å². The Hall–Kier alpha value is -3.16. The molecule has 2 aromatic rings. The molecule has 0 heterocycles. The second kappa shape index (κ2) is 8.80. The van der Waals surface area contributed by atoms with E-state index in [1.165, 1.54) is 17.0 Å². The number of hydrogen-bond donors (Lipinski definition) is 2. The number of halogens is 2. The van der Waals surface area contributed by atoms with Gasteiger partial charge in [0.15, 0.2) is 0 Å². The Bertz CT molecular complexity index is 765. The number of nitrogens with one attached hydrogen (secondary N) is 2. The zero-order chi connectivity index (χ0) is 19.1. The van der Waals surface area contributed by atoms with Crippen LogP contribution in [0.2, 0.25) is 0 Å². The number of likely N-dealkylation sites (N-methyl/N-ethyl adjacent to an activating group) is 1. The maximum atomic E-state index is 12.3. The van der Waals surface area contributed by atoms with E-state index in [9.17, 15) is 18.4 Å². The van der Waals surface area contributed by atoms with Crippen molar-refractivity contribution in [2.75, 3.05) is 26.0 Å². The number of alkyl halides is 2. The standard InChI is InChI=1S/C18H19F2N3O3/c1-23(2)16(24)11-21-17(25)14-5-3-4-6-15(14)22-12-7-9-13(10-8-12)26-18(19)20/h3-10,18,22H,11H2,1-2H3,(H,21,25). The Morgan fingerprint density at radius 3 is 2.35 bits per heavy atom. The van der Waals surface area contributed by atoms with Gasteiger partial charge in [-0.1, -0.05) is 12.1 Å². The molecule has 2 N–H and O–H groups in total. The first-order valence-electron chi connectivity index (χ1n) is 7.76. The molecule has 0 aliphatic heterocycles. The highest BCUT2D eigenvalue weighted by Crippen LogP contribution is 2.23. The van der Waals surface area contributed by atoms with Gasteiger partial charge in [0.2, 0.25) is 5.91 Å². The quantitative estimate of drug-likeness (QED) is 0.794. The third-order valence-corrected chi connectivity index (χ3v) is 3.43. The van der Waals surface area contributed by atoms with E-state index in [0.717, 1.165) is 0 Å². The first-order chi connectivity index (χ1) is 12.4. The zero-order valence-corrected chi connectivity index (χ0v) is 14.3. The lowest BCUT2D eigenvalue weighted by atomic mass is 10.1. The highest BCUT2D eigenvalue weighted by atomic mass is 19.3. The molecular formula is C18H19F2N3O3. The van der Waals surface area contributed by atoms with E-state index in [2.05, 4.69) is 15.4 Å². The number of hydrogen-bond acceptors (Lipinski definition) is 4. The van der Waals surface area contributed by atoms with E-state index in [1.54, 1.807) is 50.5 Å². The first-order valence-corrected chi connectivity index (χ1v) is 7.76. The summed E-state index contributed by atoms with van der Waals surface area (Å²) in [5.41, 5.74) is 1.47. The van der Waals surface area contributed by atoms with Crippen molar-refractivity contribution >= 4 is 23.2 Å². The summed E-state index contributed by atoms with van der Waals surface area (Å²) in [7, 11) is 3.21. The molecular weight excluding hydrogens is 344 g/mol. The molecule has 2 aromatic carbocycles. The summed E-state index contributed by atoms with van der Waals surface area (Å²) in [5, 5.41) is 5.61. The summed E-state index contributed by atoms with van der Waals surface area (Å²) in [4.78, 5) is 25.3. The van der Waals surface area contributed by atoms with Crippen molar-refractivity contribution in [3.05, 3.63) is 54.1 Å². The number of carbonyl (C=O) groups is 2. The first kappa shape index (κ1) is 19.2. The van der Waals surface area contributed by atoms with Gasteiger partial charge in [-0.25, -0.2) is 0 Å². The van der Waals surface area contributed by atoms with Crippen molar-refractivity contribution in [1.82, 2.24) is 10.2 Å². The number of rotatable bonds is 7. The van der Waals surface area contributed by atoms with Gasteiger partial charge < -0.3 is 20.3 Å². The molecule has 0 fully saturated rings. The second-order valence-corrected chi connectivity index (χ2v) is 5.54. The molecule has 8 heteroatoms. The molecule has 0 unspecified atom stereocenters. The van der Waals surface area contributed by atoms with E-state index in [-0.39, 0.29) is 18.2 Å². The molecule has 0 saturated heterocycles. The van der Waals surface area contributed by atoms with E-state index >= 15 is 0 Å². The smallest absolute Gasteiger partial charge is 0.387 e. The fourth-order valence-electron chi connectivity index (χ4n) is 2.07. The lowest BCUT2D eigenvalue weighted by Crippen LogP contribution is -2.36. The fourth-order valence-corrected chi connectivity index (χ4v) is 2.07. The number of amides is 2. The number of benzene rings is 2. The van der Waals surface area contributed by atoms with Gasteiger partial charge in [-0.2, -0.15) is 8.78 Å². The van der Waals surface area contributed by atoms with Crippen molar-refractivity contribution < 1.29 is 23.1 Å². The van der Waals surface area contributed by atoms with Gasteiger partial charge in [0, 0.05) is 19.8 Å². The summed E-state index contributed by atoms with van der Waals surface area (Å²) >= 11 is 0. The Morgan fingerprint density at radius 2 is 1.73 bits per heavy atom. The number of carbonyl (C=O) groups excluding carboxylic acids is 2. The van der Waals surface area contributed by atoms with Crippen molar-refractivity contribution in [3.8, 4) is 5.75 Å². The van der Waals surface area contributed by atoms with Crippen LogP contribution in [0.3, 0.4) is 0 Å². The fraction of sp³-hybridized carbons (Fsp3) is 0.222. The average molecular weight is 363 g/mol. The number of nitrogens with zero attached hydrogens (tertiary/aromatic N) is 1. The summed E-state index contributed by atoms with van der Waals surface area (Å²) in [6.07, 6.45) is 0. The molecule has 138 valence electrons. The number of anilines is 2. The molecule has 0 aliphatic rings. The molecule has 0 aromatic heterocycles. The van der Waals surface area contributed by atoms with Crippen LogP contribution in [-0.2, 0) is 4.79 Å². The minimum absolute atomic E-state index is 0.0405. The SMILES string of the molecule is CN(C)C(=O)CNC(=O)c1ccccc1Nc1ccc(OC(F)F)cc1. The molecule has 26 heavy (non-hydrogen) atoms. The second-order valence-electron chi connectivity index (χ2n) is 5.54. The highest BCUT2D eigenvalue weighted by Gasteiger charge is 2.13. The molecule has 0 spiro atoms. The molecule has 6 nitrogen and oxygen atoms in total. The largest absolute Gasteiger partial charge is 0.435 e. The summed E-state index contributed by atoms with van der Waals surface area (Å²) in [6, 6.07) is 12.7. The highest BCUT2D eigenvalue weighted by molar-refractivity contribution is 6.01. The van der Waals surface area contributed by atoms with Crippen LogP contribution in [0.15, 0.2) is 48.5 Å². The van der Waals surface area contributed by atoms with Gasteiger partial charge in [-0.3, -0.25) is 9.59 Å². The molecule has 0 radical (unpaired) electrons. The van der Waals surface area contributed by atoms with Crippen molar-refractivity contribution in [2.45, 2.75) is 6.61 Å². The predicted molar refractivity (Wildman–Crippen MR) is 93.8 cm³/mol. The normalized spacial score (nSPS) is 10.3. The average Bonchev–Trinajstić information content (AvgIpc) is 2.61. The molecule has 0 atom stereocenters. The van der Waals surface area contributed by atoms with Gasteiger partial charge in [-0.05, 0) is 36.4 Å². The molecule has 0 saturated carbocycles. The third kappa shape index (κ3) is 5.44. The van der Waals surface area contributed by atoms with Crippen molar-refractivity contribution in [2.24, 2.45) is 0 Å².